The second kappa shape index (κ2) is 5.56. The van der Waals surface area contributed by atoms with Gasteiger partial charge in [-0.1, -0.05) is 6.07 Å². The molecule has 0 N–H and O–H groups in total. The molecule has 3 nitrogen and oxygen atoms in total. The predicted octanol–water partition coefficient (Wildman–Crippen LogP) is 2.94. The lowest BCUT2D eigenvalue weighted by Gasteiger charge is -2.10. The van der Waals surface area contributed by atoms with Crippen molar-refractivity contribution in [2.24, 2.45) is 0 Å². The number of benzene rings is 1. The molecule has 0 heterocycles. The lowest BCUT2D eigenvalue weighted by atomic mass is 10.3. The van der Waals surface area contributed by atoms with Crippen LogP contribution < -0.4 is 9.47 Å². The van der Waals surface area contributed by atoms with Crippen LogP contribution in [0.15, 0.2) is 24.3 Å². The summed E-state index contributed by atoms with van der Waals surface area (Å²) in [5.74, 6) is -0.168. The highest BCUT2D eigenvalue weighted by Gasteiger charge is 2.31. The van der Waals surface area contributed by atoms with Gasteiger partial charge in [-0.25, -0.2) is 0 Å². The molecular weight excluding hydrogens is 237 g/mol. The Kier molecular flexibility index (Phi) is 4.37. The molecule has 1 aromatic rings. The van der Waals surface area contributed by atoms with Gasteiger partial charge in [0.25, 0.3) is 0 Å². The number of hydrogen-bond acceptors (Lipinski definition) is 3. The fourth-order valence-electron chi connectivity index (χ4n) is 1.07. The molecule has 0 aromatic heterocycles. The number of rotatable bonds is 5. The van der Waals surface area contributed by atoms with Crippen molar-refractivity contribution < 1.29 is 27.4 Å². The molecule has 0 spiro atoms. The van der Waals surface area contributed by atoms with Crippen LogP contribution in [-0.4, -0.2) is 18.8 Å². The van der Waals surface area contributed by atoms with E-state index >= 15 is 0 Å². The molecule has 94 valence electrons. The van der Waals surface area contributed by atoms with Crippen LogP contribution in [0.1, 0.15) is 13.3 Å². The van der Waals surface area contributed by atoms with Crippen molar-refractivity contribution in [3.8, 4) is 11.5 Å². The predicted molar refractivity (Wildman–Crippen MR) is 53.9 cm³/mol. The second-order valence-electron chi connectivity index (χ2n) is 3.32. The van der Waals surface area contributed by atoms with Gasteiger partial charge in [-0.3, -0.25) is 4.79 Å². The van der Waals surface area contributed by atoms with Crippen molar-refractivity contribution in [1.29, 1.82) is 0 Å². The van der Waals surface area contributed by atoms with Crippen LogP contribution in [0.3, 0.4) is 0 Å². The Balaban J connectivity index is 2.57. The first kappa shape index (κ1) is 13.3. The van der Waals surface area contributed by atoms with Gasteiger partial charge in [0.2, 0.25) is 0 Å². The maximum absolute atomic E-state index is 11.9. The van der Waals surface area contributed by atoms with E-state index in [4.69, 9.17) is 4.74 Å². The zero-order valence-corrected chi connectivity index (χ0v) is 9.08. The molecule has 6 heteroatoms. The van der Waals surface area contributed by atoms with Crippen molar-refractivity contribution in [3.05, 3.63) is 24.3 Å². The summed E-state index contributed by atoms with van der Waals surface area (Å²) >= 11 is 0. The maximum Gasteiger partial charge on any atom is 0.573 e. The molecule has 17 heavy (non-hydrogen) atoms. The number of Topliss-reactive ketones (excluding diaryl/α,β-unsaturated/α-hetero) is 1. The van der Waals surface area contributed by atoms with Gasteiger partial charge in [0.1, 0.15) is 17.3 Å². The minimum Gasteiger partial charge on any atom is -0.493 e. The summed E-state index contributed by atoms with van der Waals surface area (Å²) in [6, 6.07) is 5.16. The Hall–Kier alpha value is -1.72. The third-order valence-electron chi connectivity index (χ3n) is 1.76. The monoisotopic (exact) mass is 248 g/mol. The van der Waals surface area contributed by atoms with Crippen LogP contribution in [0.25, 0.3) is 0 Å². The molecule has 1 rings (SSSR count). The molecular formula is C11H11F3O3. The number of alkyl halides is 3. The molecule has 0 aliphatic carbocycles. The molecule has 0 saturated carbocycles. The van der Waals surface area contributed by atoms with E-state index in [0.29, 0.717) is 0 Å². The van der Waals surface area contributed by atoms with E-state index in [0.717, 1.165) is 6.07 Å². The van der Waals surface area contributed by atoms with Gasteiger partial charge in [0.15, 0.2) is 0 Å². The first-order valence-corrected chi connectivity index (χ1v) is 4.85. The highest BCUT2D eigenvalue weighted by Crippen LogP contribution is 2.25. The van der Waals surface area contributed by atoms with E-state index in [1.807, 2.05) is 0 Å². The number of hydrogen-bond donors (Lipinski definition) is 0. The third kappa shape index (κ3) is 5.79. The lowest BCUT2D eigenvalue weighted by molar-refractivity contribution is -0.274. The summed E-state index contributed by atoms with van der Waals surface area (Å²) < 4.78 is 44.6. The minimum absolute atomic E-state index is 0.0484. The van der Waals surface area contributed by atoms with Gasteiger partial charge in [-0.05, 0) is 19.1 Å². The van der Waals surface area contributed by atoms with Crippen molar-refractivity contribution in [3.63, 3.8) is 0 Å². The van der Waals surface area contributed by atoms with Crippen LogP contribution >= 0.6 is 0 Å². The molecule has 1 aromatic carbocycles. The van der Waals surface area contributed by atoms with Crippen LogP contribution in [0, 0.1) is 0 Å². The number of carbonyl (C=O) groups excluding carboxylic acids is 1. The molecule has 0 bridgehead atoms. The van der Waals surface area contributed by atoms with Crippen molar-refractivity contribution in [2.45, 2.75) is 19.7 Å². The zero-order chi connectivity index (χ0) is 12.9. The first-order chi connectivity index (χ1) is 7.87. The normalized spacial score (nSPS) is 11.1. The zero-order valence-electron chi connectivity index (χ0n) is 9.08. The van der Waals surface area contributed by atoms with Gasteiger partial charge in [-0.15, -0.1) is 13.2 Å². The topological polar surface area (TPSA) is 35.5 Å². The van der Waals surface area contributed by atoms with Crippen LogP contribution in [0.5, 0.6) is 11.5 Å². The fourth-order valence-corrected chi connectivity index (χ4v) is 1.07. The molecule has 0 amide bonds. The molecule has 0 unspecified atom stereocenters. The number of ketones is 1. The summed E-state index contributed by atoms with van der Waals surface area (Å²) in [5, 5.41) is 0. The fraction of sp³-hybridized carbons (Fsp3) is 0.364. The Morgan fingerprint density at radius 2 is 1.94 bits per heavy atom. The Bertz CT molecular complexity index is 388. The van der Waals surface area contributed by atoms with E-state index in [9.17, 15) is 18.0 Å². The standard InChI is InChI=1S/C11H11F3O3/c1-8(15)5-6-16-9-3-2-4-10(7-9)17-11(12,13)14/h2-4,7H,5-6H2,1H3. The molecule has 0 radical (unpaired) electrons. The summed E-state index contributed by atoms with van der Waals surface area (Å²) in [4.78, 5) is 10.6. The maximum atomic E-state index is 11.9. The molecule has 0 aliphatic rings. The van der Waals surface area contributed by atoms with E-state index in [1.54, 1.807) is 0 Å². The summed E-state index contributed by atoms with van der Waals surface area (Å²) in [6.45, 7) is 1.54. The SMILES string of the molecule is CC(=O)CCOc1cccc(OC(F)(F)F)c1. The highest BCUT2D eigenvalue weighted by atomic mass is 19.4. The molecule has 0 saturated heterocycles. The molecule has 0 fully saturated rings. The van der Waals surface area contributed by atoms with Gasteiger partial charge >= 0.3 is 6.36 Å². The van der Waals surface area contributed by atoms with Gasteiger partial charge < -0.3 is 9.47 Å². The Labute approximate surface area is 96.1 Å². The van der Waals surface area contributed by atoms with E-state index in [2.05, 4.69) is 4.74 Å². The quantitative estimate of drug-likeness (QED) is 0.803. The average molecular weight is 248 g/mol. The Morgan fingerprint density at radius 1 is 1.29 bits per heavy atom. The van der Waals surface area contributed by atoms with Crippen molar-refractivity contribution in [1.82, 2.24) is 0 Å². The molecule has 0 atom stereocenters. The summed E-state index contributed by atoms with van der Waals surface area (Å²) in [7, 11) is 0. The molecule has 0 aliphatic heterocycles. The van der Waals surface area contributed by atoms with Crippen molar-refractivity contribution >= 4 is 5.78 Å². The number of ether oxygens (including phenoxy) is 2. The second-order valence-corrected chi connectivity index (χ2v) is 3.32. The highest BCUT2D eigenvalue weighted by molar-refractivity contribution is 5.75. The van der Waals surface area contributed by atoms with Gasteiger partial charge in [0, 0.05) is 12.5 Å². The van der Waals surface area contributed by atoms with Crippen LogP contribution in [0.2, 0.25) is 0 Å². The number of carbonyl (C=O) groups is 1. The van der Waals surface area contributed by atoms with Gasteiger partial charge in [0.05, 0.1) is 6.61 Å². The smallest absolute Gasteiger partial charge is 0.493 e. The summed E-state index contributed by atoms with van der Waals surface area (Å²) in [5.41, 5.74) is 0. The van der Waals surface area contributed by atoms with E-state index in [-0.39, 0.29) is 30.3 Å². The third-order valence-corrected chi connectivity index (χ3v) is 1.76. The van der Waals surface area contributed by atoms with E-state index in [1.165, 1.54) is 25.1 Å². The summed E-state index contributed by atoms with van der Waals surface area (Å²) in [6.07, 6.45) is -4.51. The average Bonchev–Trinajstić information content (AvgIpc) is 2.14. The number of halogens is 3. The lowest BCUT2D eigenvalue weighted by Crippen LogP contribution is -2.17. The van der Waals surface area contributed by atoms with E-state index < -0.39 is 6.36 Å². The van der Waals surface area contributed by atoms with Gasteiger partial charge in [-0.2, -0.15) is 0 Å². The van der Waals surface area contributed by atoms with Crippen molar-refractivity contribution in [2.75, 3.05) is 6.61 Å². The minimum atomic E-state index is -4.72. The largest absolute Gasteiger partial charge is 0.573 e. The first-order valence-electron chi connectivity index (χ1n) is 4.85. The van der Waals surface area contributed by atoms with Crippen LogP contribution in [0.4, 0.5) is 13.2 Å². The Morgan fingerprint density at radius 3 is 2.53 bits per heavy atom. The van der Waals surface area contributed by atoms with Crippen LogP contribution in [-0.2, 0) is 4.79 Å².